The molecular weight excluding hydrogens is 219 g/mol. The van der Waals surface area contributed by atoms with E-state index in [1.165, 1.54) is 12.3 Å². The second-order valence-corrected chi connectivity index (χ2v) is 3.66. The van der Waals surface area contributed by atoms with E-state index in [2.05, 4.69) is 15.3 Å². The topological polar surface area (TPSA) is 37.3 Å². The van der Waals surface area contributed by atoms with E-state index in [0.717, 1.165) is 6.07 Å². The van der Waals surface area contributed by atoms with E-state index in [1.807, 2.05) is 6.92 Å². The number of aliphatic imine (C=N–C) groups is 1. The maximum absolute atomic E-state index is 12.3. The Hall–Kier alpha value is -1.59. The summed E-state index contributed by atoms with van der Waals surface area (Å²) in [5.41, 5.74) is -0.305. The first kappa shape index (κ1) is 10.9. The summed E-state index contributed by atoms with van der Waals surface area (Å²) in [7, 11) is 0. The van der Waals surface area contributed by atoms with E-state index in [4.69, 9.17) is 0 Å². The molecule has 3 nitrogen and oxygen atoms in total. The van der Waals surface area contributed by atoms with Crippen LogP contribution in [0.5, 0.6) is 0 Å². The van der Waals surface area contributed by atoms with Gasteiger partial charge in [-0.15, -0.1) is 0 Å². The maximum Gasteiger partial charge on any atom is 0.433 e. The highest BCUT2D eigenvalue weighted by atomic mass is 19.4. The largest absolute Gasteiger partial charge is 0.433 e. The average Bonchev–Trinajstić information content (AvgIpc) is 2.64. The smallest absolute Gasteiger partial charge is 0.366 e. The van der Waals surface area contributed by atoms with Crippen LogP contribution >= 0.6 is 0 Å². The van der Waals surface area contributed by atoms with Crippen LogP contribution in [0.25, 0.3) is 0 Å². The number of amidine groups is 1. The summed E-state index contributed by atoms with van der Waals surface area (Å²) < 4.78 is 36.8. The molecule has 1 N–H and O–H groups in total. The predicted octanol–water partition coefficient (Wildman–Crippen LogP) is 1.84. The molecule has 16 heavy (non-hydrogen) atoms. The molecule has 0 saturated heterocycles. The maximum atomic E-state index is 12.3. The molecular formula is C10H10F3N3. The van der Waals surface area contributed by atoms with Gasteiger partial charge in [0.15, 0.2) is 0 Å². The molecule has 1 aliphatic rings. The van der Waals surface area contributed by atoms with Crippen LogP contribution in [0.1, 0.15) is 18.2 Å². The van der Waals surface area contributed by atoms with Gasteiger partial charge in [0.05, 0.1) is 6.54 Å². The van der Waals surface area contributed by atoms with Crippen molar-refractivity contribution in [1.29, 1.82) is 0 Å². The Kier molecular flexibility index (Phi) is 2.57. The summed E-state index contributed by atoms with van der Waals surface area (Å²) in [4.78, 5) is 7.54. The molecule has 0 saturated carbocycles. The van der Waals surface area contributed by atoms with Crippen molar-refractivity contribution < 1.29 is 13.2 Å². The van der Waals surface area contributed by atoms with E-state index >= 15 is 0 Å². The Morgan fingerprint density at radius 3 is 2.56 bits per heavy atom. The van der Waals surface area contributed by atoms with Gasteiger partial charge in [0.1, 0.15) is 11.5 Å². The van der Waals surface area contributed by atoms with Crippen LogP contribution < -0.4 is 5.32 Å². The first-order valence-corrected chi connectivity index (χ1v) is 4.81. The lowest BCUT2D eigenvalue weighted by Gasteiger charge is -2.08. The standard InChI is InChI=1S/C10H10F3N3/c1-6-4-15-9(16-6)7-2-3-8(14-5-7)10(11,12)13/h2-3,5-6H,4H2,1H3,(H,15,16). The molecule has 1 unspecified atom stereocenters. The second kappa shape index (κ2) is 3.77. The number of nitrogens with zero attached hydrogens (tertiary/aromatic N) is 2. The van der Waals surface area contributed by atoms with Gasteiger partial charge in [-0.25, -0.2) is 0 Å². The number of halogens is 3. The molecule has 0 aromatic carbocycles. The van der Waals surface area contributed by atoms with Gasteiger partial charge in [-0.1, -0.05) is 0 Å². The summed E-state index contributed by atoms with van der Waals surface area (Å²) >= 11 is 0. The number of hydrogen-bond acceptors (Lipinski definition) is 3. The third-order valence-electron chi connectivity index (χ3n) is 2.23. The predicted molar refractivity (Wildman–Crippen MR) is 53.2 cm³/mol. The first-order valence-electron chi connectivity index (χ1n) is 4.81. The zero-order valence-electron chi connectivity index (χ0n) is 8.54. The van der Waals surface area contributed by atoms with Crippen LogP contribution in [0.3, 0.4) is 0 Å². The highest BCUT2D eigenvalue weighted by molar-refractivity contribution is 5.99. The number of alkyl halides is 3. The molecule has 6 heteroatoms. The molecule has 1 atom stereocenters. The monoisotopic (exact) mass is 229 g/mol. The molecule has 86 valence electrons. The van der Waals surface area contributed by atoms with Gasteiger partial charge in [-0.3, -0.25) is 9.98 Å². The van der Waals surface area contributed by atoms with Crippen molar-refractivity contribution in [2.75, 3.05) is 6.54 Å². The van der Waals surface area contributed by atoms with E-state index < -0.39 is 11.9 Å². The lowest BCUT2D eigenvalue weighted by Crippen LogP contribution is -2.27. The third-order valence-corrected chi connectivity index (χ3v) is 2.23. The van der Waals surface area contributed by atoms with Crippen LogP contribution in [0, 0.1) is 0 Å². The SMILES string of the molecule is CC1CN=C(c2ccc(C(F)(F)F)nc2)N1. The van der Waals surface area contributed by atoms with Crippen LogP contribution in [0.4, 0.5) is 13.2 Å². The van der Waals surface area contributed by atoms with Gasteiger partial charge in [0, 0.05) is 17.8 Å². The van der Waals surface area contributed by atoms with Gasteiger partial charge in [-0.2, -0.15) is 13.2 Å². The normalized spacial score (nSPS) is 20.5. The van der Waals surface area contributed by atoms with Crippen LogP contribution in [0.2, 0.25) is 0 Å². The van der Waals surface area contributed by atoms with Crippen molar-refractivity contribution in [2.24, 2.45) is 4.99 Å². The van der Waals surface area contributed by atoms with Crippen molar-refractivity contribution in [3.05, 3.63) is 29.6 Å². The lowest BCUT2D eigenvalue weighted by molar-refractivity contribution is -0.141. The van der Waals surface area contributed by atoms with Crippen molar-refractivity contribution in [3.8, 4) is 0 Å². The Bertz CT molecular complexity index is 408. The van der Waals surface area contributed by atoms with Gasteiger partial charge >= 0.3 is 6.18 Å². The number of hydrogen-bond donors (Lipinski definition) is 1. The Morgan fingerprint density at radius 1 is 1.38 bits per heavy atom. The third kappa shape index (κ3) is 2.15. The molecule has 0 fully saturated rings. The summed E-state index contributed by atoms with van der Waals surface area (Å²) in [6.07, 6.45) is -3.20. The second-order valence-electron chi connectivity index (χ2n) is 3.66. The van der Waals surface area contributed by atoms with E-state index in [-0.39, 0.29) is 6.04 Å². The lowest BCUT2D eigenvalue weighted by atomic mass is 10.2. The van der Waals surface area contributed by atoms with Gasteiger partial charge in [-0.05, 0) is 19.1 Å². The van der Waals surface area contributed by atoms with Crippen molar-refractivity contribution in [2.45, 2.75) is 19.1 Å². The zero-order valence-corrected chi connectivity index (χ0v) is 8.54. The van der Waals surface area contributed by atoms with Gasteiger partial charge in [0.2, 0.25) is 0 Å². The molecule has 2 rings (SSSR count). The highest BCUT2D eigenvalue weighted by Crippen LogP contribution is 2.27. The van der Waals surface area contributed by atoms with Gasteiger partial charge in [0.25, 0.3) is 0 Å². The van der Waals surface area contributed by atoms with Crippen molar-refractivity contribution in [1.82, 2.24) is 10.3 Å². The Morgan fingerprint density at radius 2 is 2.12 bits per heavy atom. The van der Waals surface area contributed by atoms with E-state index in [0.29, 0.717) is 17.9 Å². The number of rotatable bonds is 1. The van der Waals surface area contributed by atoms with Crippen LogP contribution in [0.15, 0.2) is 23.3 Å². The molecule has 2 heterocycles. The fourth-order valence-corrected chi connectivity index (χ4v) is 1.43. The van der Waals surface area contributed by atoms with Crippen LogP contribution in [-0.2, 0) is 6.18 Å². The fraction of sp³-hybridized carbons (Fsp3) is 0.400. The molecule has 0 spiro atoms. The minimum atomic E-state index is -4.39. The number of pyridine rings is 1. The summed E-state index contributed by atoms with van der Waals surface area (Å²) in [5, 5.41) is 3.06. The average molecular weight is 229 g/mol. The summed E-state index contributed by atoms with van der Waals surface area (Å²) in [6, 6.07) is 2.56. The van der Waals surface area contributed by atoms with Gasteiger partial charge < -0.3 is 5.32 Å². The summed E-state index contributed by atoms with van der Waals surface area (Å²) in [6.45, 7) is 2.59. The van der Waals surface area contributed by atoms with Crippen molar-refractivity contribution >= 4 is 5.84 Å². The van der Waals surface area contributed by atoms with Crippen molar-refractivity contribution in [3.63, 3.8) is 0 Å². The molecule has 0 bridgehead atoms. The summed E-state index contributed by atoms with van der Waals surface area (Å²) in [5.74, 6) is 0.605. The van der Waals surface area contributed by atoms with E-state index in [9.17, 15) is 13.2 Å². The Balaban J connectivity index is 2.20. The molecule has 0 radical (unpaired) electrons. The number of aromatic nitrogens is 1. The minimum absolute atomic E-state index is 0.220. The molecule has 0 amide bonds. The molecule has 0 aliphatic carbocycles. The molecule has 1 aromatic rings. The minimum Gasteiger partial charge on any atom is -0.366 e. The molecule has 1 aliphatic heterocycles. The quantitative estimate of drug-likeness (QED) is 0.797. The Labute approximate surface area is 90.4 Å². The van der Waals surface area contributed by atoms with E-state index in [1.54, 1.807) is 0 Å². The first-order chi connectivity index (χ1) is 7.47. The number of nitrogens with one attached hydrogen (secondary N) is 1. The zero-order chi connectivity index (χ0) is 11.8. The van der Waals surface area contributed by atoms with Crippen LogP contribution in [-0.4, -0.2) is 23.4 Å². The highest BCUT2D eigenvalue weighted by Gasteiger charge is 2.32. The fourth-order valence-electron chi connectivity index (χ4n) is 1.43. The molecule has 1 aromatic heterocycles.